The highest BCUT2D eigenvalue weighted by Gasteiger charge is 2.22. The summed E-state index contributed by atoms with van der Waals surface area (Å²) in [5, 5.41) is 4.84. The van der Waals surface area contributed by atoms with Crippen molar-refractivity contribution in [3.8, 4) is 5.75 Å². The maximum atomic E-state index is 12.7. The number of carbonyl (C=O) groups is 2. The number of ether oxygens (including phenoxy) is 1. The molecule has 1 N–H and O–H groups in total. The van der Waals surface area contributed by atoms with E-state index in [-0.39, 0.29) is 18.4 Å². The van der Waals surface area contributed by atoms with Crippen molar-refractivity contribution in [2.24, 2.45) is 0 Å². The fourth-order valence-electron chi connectivity index (χ4n) is 3.52. The number of para-hydroxylation sites is 1. The minimum atomic E-state index is -0.297. The average molecular weight is 374 g/mol. The first-order valence-corrected chi connectivity index (χ1v) is 9.51. The normalized spacial score (nSPS) is 13.5. The predicted octanol–water partition coefficient (Wildman–Crippen LogP) is 4.09. The van der Waals surface area contributed by atoms with Gasteiger partial charge in [0.1, 0.15) is 5.75 Å². The average Bonchev–Trinajstić information content (AvgIpc) is 3.27. The summed E-state index contributed by atoms with van der Waals surface area (Å²) in [7, 11) is 0. The molecule has 0 unspecified atom stereocenters. The van der Waals surface area contributed by atoms with E-state index in [4.69, 9.17) is 4.74 Å². The van der Waals surface area contributed by atoms with Gasteiger partial charge in [0.05, 0.1) is 11.3 Å². The van der Waals surface area contributed by atoms with Gasteiger partial charge in [-0.3, -0.25) is 9.59 Å². The van der Waals surface area contributed by atoms with Crippen LogP contribution in [0.25, 0.3) is 10.8 Å². The molecule has 0 atom stereocenters. The summed E-state index contributed by atoms with van der Waals surface area (Å²) in [5.41, 5.74) is 1.04. The Morgan fingerprint density at radius 1 is 0.893 bits per heavy atom. The summed E-state index contributed by atoms with van der Waals surface area (Å²) in [6.45, 7) is 1.41. The van der Waals surface area contributed by atoms with E-state index >= 15 is 0 Å². The second-order valence-corrected chi connectivity index (χ2v) is 6.86. The Kier molecular flexibility index (Phi) is 5.24. The van der Waals surface area contributed by atoms with Crippen molar-refractivity contribution >= 4 is 28.3 Å². The first kappa shape index (κ1) is 18.0. The van der Waals surface area contributed by atoms with Crippen LogP contribution < -0.4 is 10.1 Å². The van der Waals surface area contributed by atoms with Crippen molar-refractivity contribution in [3.63, 3.8) is 0 Å². The van der Waals surface area contributed by atoms with Crippen LogP contribution in [0.3, 0.4) is 0 Å². The largest absolute Gasteiger partial charge is 0.483 e. The van der Waals surface area contributed by atoms with Crippen molar-refractivity contribution in [3.05, 3.63) is 72.3 Å². The molecule has 1 fully saturated rings. The molecule has 0 aliphatic carbocycles. The zero-order chi connectivity index (χ0) is 19.3. The third kappa shape index (κ3) is 3.83. The lowest BCUT2D eigenvalue weighted by Crippen LogP contribution is -2.29. The molecule has 0 radical (unpaired) electrons. The fourth-order valence-corrected chi connectivity index (χ4v) is 3.52. The van der Waals surface area contributed by atoms with E-state index in [0.29, 0.717) is 17.0 Å². The standard InChI is InChI=1S/C23H22N2O3/c26-22(16-28-21-13-7-9-17-8-1-2-10-18(17)21)24-20-12-4-3-11-19(20)23(27)25-14-5-6-15-25/h1-4,7-13H,5-6,14-16H2,(H,24,26). The number of rotatable bonds is 5. The number of fused-ring (bicyclic) bond motifs is 1. The maximum Gasteiger partial charge on any atom is 0.262 e. The molecule has 0 aromatic heterocycles. The highest BCUT2D eigenvalue weighted by atomic mass is 16.5. The smallest absolute Gasteiger partial charge is 0.262 e. The van der Waals surface area contributed by atoms with Crippen molar-refractivity contribution in [2.45, 2.75) is 12.8 Å². The van der Waals surface area contributed by atoms with Gasteiger partial charge in [-0.1, -0.05) is 48.5 Å². The van der Waals surface area contributed by atoms with Crippen LogP contribution in [0.4, 0.5) is 5.69 Å². The number of benzene rings is 3. The third-order valence-corrected chi connectivity index (χ3v) is 4.93. The lowest BCUT2D eigenvalue weighted by atomic mass is 10.1. The van der Waals surface area contributed by atoms with Gasteiger partial charge in [-0.15, -0.1) is 0 Å². The first-order chi connectivity index (χ1) is 13.7. The molecule has 5 nitrogen and oxygen atoms in total. The van der Waals surface area contributed by atoms with E-state index in [1.54, 1.807) is 12.1 Å². The Bertz CT molecular complexity index is 1000. The quantitative estimate of drug-likeness (QED) is 0.732. The molecule has 0 bridgehead atoms. The van der Waals surface area contributed by atoms with Gasteiger partial charge in [-0.05, 0) is 36.4 Å². The third-order valence-electron chi connectivity index (χ3n) is 4.93. The summed E-state index contributed by atoms with van der Waals surface area (Å²) in [6, 6.07) is 20.7. The van der Waals surface area contributed by atoms with Crippen molar-refractivity contribution < 1.29 is 14.3 Å². The second kappa shape index (κ2) is 8.13. The highest BCUT2D eigenvalue weighted by Crippen LogP contribution is 2.25. The molecule has 3 aromatic carbocycles. The molecule has 28 heavy (non-hydrogen) atoms. The van der Waals surface area contributed by atoms with Crippen LogP contribution in [-0.2, 0) is 4.79 Å². The SMILES string of the molecule is O=C(COc1cccc2ccccc12)Nc1ccccc1C(=O)N1CCCC1. The molecule has 0 spiro atoms. The number of nitrogens with zero attached hydrogens (tertiary/aromatic N) is 1. The minimum Gasteiger partial charge on any atom is -0.483 e. The lowest BCUT2D eigenvalue weighted by molar-refractivity contribution is -0.118. The van der Waals surface area contributed by atoms with Gasteiger partial charge in [0.15, 0.2) is 6.61 Å². The number of hydrogen-bond acceptors (Lipinski definition) is 3. The van der Waals surface area contributed by atoms with E-state index in [1.165, 1.54) is 0 Å². The van der Waals surface area contributed by atoms with Crippen LogP contribution in [0.1, 0.15) is 23.2 Å². The Hall–Kier alpha value is -3.34. The molecule has 0 saturated carbocycles. The monoisotopic (exact) mass is 374 g/mol. The molecule has 1 aliphatic heterocycles. The van der Waals surface area contributed by atoms with Crippen LogP contribution in [-0.4, -0.2) is 36.4 Å². The van der Waals surface area contributed by atoms with Crippen molar-refractivity contribution in [2.75, 3.05) is 25.0 Å². The van der Waals surface area contributed by atoms with Crippen LogP contribution >= 0.6 is 0 Å². The molecule has 3 aromatic rings. The van der Waals surface area contributed by atoms with Crippen LogP contribution in [0.2, 0.25) is 0 Å². The first-order valence-electron chi connectivity index (χ1n) is 9.51. The lowest BCUT2D eigenvalue weighted by Gasteiger charge is -2.18. The summed E-state index contributed by atoms with van der Waals surface area (Å²) < 4.78 is 5.75. The number of anilines is 1. The predicted molar refractivity (Wildman–Crippen MR) is 110 cm³/mol. The van der Waals surface area contributed by atoms with Crippen LogP contribution in [0, 0.1) is 0 Å². The molecule has 1 heterocycles. The van der Waals surface area contributed by atoms with Crippen molar-refractivity contribution in [1.29, 1.82) is 0 Å². The molecular formula is C23H22N2O3. The van der Waals surface area contributed by atoms with Gasteiger partial charge >= 0.3 is 0 Å². The fraction of sp³-hybridized carbons (Fsp3) is 0.217. The molecule has 5 heteroatoms. The number of carbonyl (C=O) groups excluding carboxylic acids is 2. The Labute approximate surface area is 163 Å². The van der Waals surface area contributed by atoms with E-state index in [2.05, 4.69) is 5.32 Å². The van der Waals surface area contributed by atoms with E-state index in [1.807, 2.05) is 59.5 Å². The highest BCUT2D eigenvalue weighted by molar-refractivity contribution is 6.04. The molecule has 1 saturated heterocycles. The topological polar surface area (TPSA) is 58.6 Å². The van der Waals surface area contributed by atoms with Gasteiger partial charge in [0, 0.05) is 18.5 Å². The Morgan fingerprint density at radius 3 is 2.46 bits per heavy atom. The van der Waals surface area contributed by atoms with Gasteiger partial charge in [-0.25, -0.2) is 0 Å². The molecule has 4 rings (SSSR count). The zero-order valence-corrected chi connectivity index (χ0v) is 15.6. The minimum absolute atomic E-state index is 0.0385. The zero-order valence-electron chi connectivity index (χ0n) is 15.6. The maximum absolute atomic E-state index is 12.7. The molecular weight excluding hydrogens is 352 g/mol. The Balaban J connectivity index is 1.45. The van der Waals surface area contributed by atoms with Gasteiger partial charge in [0.2, 0.25) is 0 Å². The van der Waals surface area contributed by atoms with Gasteiger partial charge in [-0.2, -0.15) is 0 Å². The van der Waals surface area contributed by atoms with Crippen molar-refractivity contribution in [1.82, 2.24) is 4.90 Å². The van der Waals surface area contributed by atoms with E-state index < -0.39 is 0 Å². The summed E-state index contributed by atoms with van der Waals surface area (Å²) >= 11 is 0. The van der Waals surface area contributed by atoms with Gasteiger partial charge < -0.3 is 15.0 Å². The van der Waals surface area contributed by atoms with Crippen LogP contribution in [0.5, 0.6) is 5.75 Å². The van der Waals surface area contributed by atoms with Gasteiger partial charge in [0.25, 0.3) is 11.8 Å². The van der Waals surface area contributed by atoms with Crippen LogP contribution in [0.15, 0.2) is 66.7 Å². The number of likely N-dealkylation sites (tertiary alicyclic amines) is 1. The number of nitrogens with one attached hydrogen (secondary N) is 1. The molecule has 2 amide bonds. The summed E-state index contributed by atoms with van der Waals surface area (Å²) in [5.74, 6) is 0.327. The molecule has 142 valence electrons. The van der Waals surface area contributed by atoms with E-state index in [9.17, 15) is 9.59 Å². The second-order valence-electron chi connectivity index (χ2n) is 6.86. The summed E-state index contributed by atoms with van der Waals surface area (Å²) in [6.07, 6.45) is 2.05. The number of amides is 2. The Morgan fingerprint density at radius 2 is 1.61 bits per heavy atom. The number of hydrogen-bond donors (Lipinski definition) is 1. The van der Waals surface area contributed by atoms with E-state index in [0.717, 1.165) is 36.7 Å². The molecule has 1 aliphatic rings. The summed E-state index contributed by atoms with van der Waals surface area (Å²) in [4.78, 5) is 27.0.